The van der Waals surface area contributed by atoms with E-state index in [0.717, 1.165) is 17.0 Å². The number of nitriles is 1. The van der Waals surface area contributed by atoms with E-state index in [1.807, 2.05) is 55.5 Å². The van der Waals surface area contributed by atoms with Crippen molar-refractivity contribution in [3.05, 3.63) is 59.7 Å². The molecule has 0 radical (unpaired) electrons. The van der Waals surface area contributed by atoms with Crippen LogP contribution in [-0.4, -0.2) is 7.11 Å². The third-order valence-corrected chi connectivity index (χ3v) is 2.92. The Balaban J connectivity index is 2.20. The summed E-state index contributed by atoms with van der Waals surface area (Å²) in [7, 11) is 1.62. The summed E-state index contributed by atoms with van der Waals surface area (Å²) in [5.41, 5.74) is 3.02. The van der Waals surface area contributed by atoms with E-state index < -0.39 is 6.04 Å². The maximum absolute atomic E-state index is 9.31. The molecule has 0 saturated heterocycles. The van der Waals surface area contributed by atoms with E-state index in [2.05, 4.69) is 11.4 Å². The van der Waals surface area contributed by atoms with Gasteiger partial charge in [-0.05, 0) is 36.8 Å². The zero-order valence-electron chi connectivity index (χ0n) is 11.1. The van der Waals surface area contributed by atoms with Gasteiger partial charge in [0.1, 0.15) is 11.8 Å². The van der Waals surface area contributed by atoms with Crippen molar-refractivity contribution in [1.29, 1.82) is 5.26 Å². The minimum Gasteiger partial charge on any atom is -0.497 e. The fourth-order valence-corrected chi connectivity index (χ4v) is 1.83. The number of hydrogen-bond acceptors (Lipinski definition) is 3. The van der Waals surface area contributed by atoms with Crippen LogP contribution in [0.15, 0.2) is 48.5 Å². The molecule has 1 unspecified atom stereocenters. The minimum atomic E-state index is -0.391. The lowest BCUT2D eigenvalue weighted by molar-refractivity contribution is 0.414. The second-order valence-electron chi connectivity index (χ2n) is 4.35. The van der Waals surface area contributed by atoms with Crippen molar-refractivity contribution in [2.24, 2.45) is 0 Å². The second kappa shape index (κ2) is 5.92. The van der Waals surface area contributed by atoms with Crippen molar-refractivity contribution in [3.8, 4) is 11.8 Å². The third kappa shape index (κ3) is 3.26. The van der Waals surface area contributed by atoms with Gasteiger partial charge < -0.3 is 10.1 Å². The van der Waals surface area contributed by atoms with Crippen molar-refractivity contribution in [2.75, 3.05) is 12.4 Å². The molecule has 0 aromatic heterocycles. The van der Waals surface area contributed by atoms with Crippen molar-refractivity contribution in [2.45, 2.75) is 13.0 Å². The molecule has 3 heteroatoms. The van der Waals surface area contributed by atoms with Crippen LogP contribution in [0.2, 0.25) is 0 Å². The van der Waals surface area contributed by atoms with Crippen molar-refractivity contribution in [1.82, 2.24) is 0 Å². The number of rotatable bonds is 4. The Kier molecular flexibility index (Phi) is 4.04. The molecule has 0 aliphatic heterocycles. The monoisotopic (exact) mass is 252 g/mol. The number of methoxy groups -OCH3 is 1. The van der Waals surface area contributed by atoms with Crippen LogP contribution in [0.5, 0.6) is 5.75 Å². The predicted octanol–water partition coefficient (Wildman–Crippen LogP) is 3.68. The van der Waals surface area contributed by atoms with Gasteiger partial charge in [-0.15, -0.1) is 0 Å². The summed E-state index contributed by atoms with van der Waals surface area (Å²) < 4.78 is 5.18. The van der Waals surface area contributed by atoms with Crippen molar-refractivity contribution >= 4 is 5.69 Å². The number of benzene rings is 2. The van der Waals surface area contributed by atoms with Gasteiger partial charge in [0, 0.05) is 5.69 Å². The van der Waals surface area contributed by atoms with Gasteiger partial charge in [-0.25, -0.2) is 0 Å². The molecule has 0 bridgehead atoms. The van der Waals surface area contributed by atoms with Crippen LogP contribution in [0.4, 0.5) is 5.69 Å². The summed E-state index contributed by atoms with van der Waals surface area (Å²) in [6.07, 6.45) is 0. The van der Waals surface area contributed by atoms with E-state index in [1.54, 1.807) is 7.11 Å². The van der Waals surface area contributed by atoms with Crippen LogP contribution in [0.25, 0.3) is 0 Å². The Morgan fingerprint density at radius 2 is 1.89 bits per heavy atom. The maximum Gasteiger partial charge on any atom is 0.140 e. The van der Waals surface area contributed by atoms with E-state index in [9.17, 15) is 5.26 Å². The van der Waals surface area contributed by atoms with Gasteiger partial charge in [0.2, 0.25) is 0 Å². The lowest BCUT2D eigenvalue weighted by atomic mass is 10.1. The van der Waals surface area contributed by atoms with Gasteiger partial charge in [0.05, 0.1) is 13.2 Å². The summed E-state index contributed by atoms with van der Waals surface area (Å²) in [6.45, 7) is 2.04. The van der Waals surface area contributed by atoms with E-state index in [4.69, 9.17) is 4.74 Å². The van der Waals surface area contributed by atoms with E-state index in [1.165, 1.54) is 5.56 Å². The normalized spacial score (nSPS) is 11.4. The zero-order chi connectivity index (χ0) is 13.7. The van der Waals surface area contributed by atoms with Gasteiger partial charge in [0.25, 0.3) is 0 Å². The first-order valence-corrected chi connectivity index (χ1v) is 6.09. The average molecular weight is 252 g/mol. The molecule has 96 valence electrons. The predicted molar refractivity (Wildman–Crippen MR) is 76.1 cm³/mol. The number of nitrogens with one attached hydrogen (secondary N) is 1. The molecular weight excluding hydrogens is 236 g/mol. The van der Waals surface area contributed by atoms with Crippen LogP contribution in [-0.2, 0) is 0 Å². The van der Waals surface area contributed by atoms with Gasteiger partial charge in [0.15, 0.2) is 0 Å². The van der Waals surface area contributed by atoms with Gasteiger partial charge >= 0.3 is 0 Å². The van der Waals surface area contributed by atoms with E-state index in [-0.39, 0.29) is 0 Å². The van der Waals surface area contributed by atoms with Crippen LogP contribution >= 0.6 is 0 Å². The van der Waals surface area contributed by atoms with Crippen LogP contribution < -0.4 is 10.1 Å². The highest BCUT2D eigenvalue weighted by atomic mass is 16.5. The highest BCUT2D eigenvalue weighted by Gasteiger charge is 2.10. The Hall–Kier alpha value is -2.47. The van der Waals surface area contributed by atoms with Crippen LogP contribution in [0.3, 0.4) is 0 Å². The topological polar surface area (TPSA) is 45.0 Å². The van der Waals surface area contributed by atoms with Crippen LogP contribution in [0, 0.1) is 18.3 Å². The molecule has 0 aliphatic rings. The number of nitrogens with zero attached hydrogens (tertiary/aromatic N) is 1. The van der Waals surface area contributed by atoms with Crippen molar-refractivity contribution in [3.63, 3.8) is 0 Å². The molecule has 0 saturated carbocycles. The Morgan fingerprint density at radius 1 is 1.16 bits per heavy atom. The SMILES string of the molecule is COc1cccc(C(C#N)Nc2ccc(C)cc2)c1. The lowest BCUT2D eigenvalue weighted by Crippen LogP contribution is -2.08. The van der Waals surface area contributed by atoms with E-state index >= 15 is 0 Å². The van der Waals surface area contributed by atoms with Gasteiger partial charge in [-0.1, -0.05) is 29.8 Å². The average Bonchev–Trinajstić information content (AvgIpc) is 2.46. The Bertz CT molecular complexity index is 584. The molecule has 2 rings (SSSR count). The molecule has 0 heterocycles. The molecule has 1 N–H and O–H groups in total. The van der Waals surface area contributed by atoms with Crippen LogP contribution in [0.1, 0.15) is 17.2 Å². The molecule has 0 spiro atoms. The zero-order valence-corrected chi connectivity index (χ0v) is 11.1. The quantitative estimate of drug-likeness (QED) is 0.902. The lowest BCUT2D eigenvalue weighted by Gasteiger charge is -2.14. The highest BCUT2D eigenvalue weighted by molar-refractivity contribution is 5.49. The Labute approximate surface area is 113 Å². The minimum absolute atomic E-state index is 0.391. The molecule has 19 heavy (non-hydrogen) atoms. The standard InChI is InChI=1S/C16H16N2O/c1-12-6-8-14(9-7-12)18-16(11-17)13-4-3-5-15(10-13)19-2/h3-10,16,18H,1-2H3. The fraction of sp³-hybridized carbons (Fsp3) is 0.188. The molecule has 3 nitrogen and oxygen atoms in total. The first kappa shape index (κ1) is 13.0. The summed E-state index contributed by atoms with van der Waals surface area (Å²) >= 11 is 0. The highest BCUT2D eigenvalue weighted by Crippen LogP contribution is 2.22. The molecule has 1 atom stereocenters. The number of anilines is 1. The van der Waals surface area contributed by atoms with Gasteiger partial charge in [-0.2, -0.15) is 5.26 Å². The maximum atomic E-state index is 9.31. The molecule has 0 amide bonds. The largest absolute Gasteiger partial charge is 0.497 e. The summed E-state index contributed by atoms with van der Waals surface area (Å²) in [5, 5.41) is 12.5. The number of ether oxygens (including phenoxy) is 1. The van der Waals surface area contributed by atoms with E-state index in [0.29, 0.717) is 0 Å². The number of aryl methyl sites for hydroxylation is 1. The third-order valence-electron chi connectivity index (χ3n) is 2.92. The molecular formula is C16H16N2O. The molecule has 2 aromatic carbocycles. The second-order valence-corrected chi connectivity index (χ2v) is 4.35. The first-order chi connectivity index (χ1) is 9.22. The molecule has 2 aromatic rings. The Morgan fingerprint density at radius 3 is 2.53 bits per heavy atom. The summed E-state index contributed by atoms with van der Waals surface area (Å²) in [5.74, 6) is 0.753. The molecule has 0 fully saturated rings. The fourth-order valence-electron chi connectivity index (χ4n) is 1.83. The van der Waals surface area contributed by atoms with Gasteiger partial charge in [-0.3, -0.25) is 0 Å². The smallest absolute Gasteiger partial charge is 0.140 e. The first-order valence-electron chi connectivity index (χ1n) is 6.09. The molecule has 0 aliphatic carbocycles. The van der Waals surface area contributed by atoms with Crippen molar-refractivity contribution < 1.29 is 4.74 Å². The summed E-state index contributed by atoms with van der Waals surface area (Å²) in [4.78, 5) is 0. The number of hydrogen-bond donors (Lipinski definition) is 1. The summed E-state index contributed by atoms with van der Waals surface area (Å²) in [6, 6.07) is 17.4.